The Bertz CT molecular complexity index is 426. The van der Waals surface area contributed by atoms with Gasteiger partial charge in [0, 0.05) is 0 Å². The molecule has 2 saturated carbocycles. The van der Waals surface area contributed by atoms with Crippen LogP contribution in [0.3, 0.4) is 0 Å². The van der Waals surface area contributed by atoms with Gasteiger partial charge in [0.1, 0.15) is 0 Å². The fraction of sp³-hybridized carbons (Fsp3) is 0.500. The number of hydrogen-bond acceptors (Lipinski definition) is 0. The summed E-state index contributed by atoms with van der Waals surface area (Å²) in [6.45, 7) is 0. The van der Waals surface area contributed by atoms with Crippen LogP contribution in [0.2, 0.25) is 0 Å². The van der Waals surface area contributed by atoms with Crippen molar-refractivity contribution in [3.8, 4) is 0 Å². The molecule has 0 saturated heterocycles. The third-order valence-corrected chi connectivity index (χ3v) is 6.33. The molecule has 0 aromatic carbocycles. The van der Waals surface area contributed by atoms with Gasteiger partial charge in [-0.1, -0.05) is 48.6 Å². The third kappa shape index (κ3) is 5.66. The van der Waals surface area contributed by atoms with E-state index in [1.807, 2.05) is 0 Å². The Morgan fingerprint density at radius 3 is 1.28 bits per heavy atom. The van der Waals surface area contributed by atoms with E-state index in [4.69, 9.17) is 0 Å². The van der Waals surface area contributed by atoms with Gasteiger partial charge in [-0.2, -0.15) is 0 Å². The van der Waals surface area contributed by atoms with Gasteiger partial charge in [-0.15, -0.1) is 0 Å². The van der Waals surface area contributed by atoms with E-state index in [2.05, 4.69) is 48.6 Å². The van der Waals surface area contributed by atoms with Crippen LogP contribution in [0.4, 0.5) is 0 Å². The molecule has 0 aromatic heterocycles. The summed E-state index contributed by atoms with van der Waals surface area (Å²) in [4.78, 5) is 0. The first kappa shape index (κ1) is 27.1. The van der Waals surface area contributed by atoms with Crippen LogP contribution in [0, 0.1) is 65.2 Å². The van der Waals surface area contributed by atoms with Crippen LogP contribution in [0.15, 0.2) is 48.6 Å². The molecule has 1 heteroatoms. The number of fused-ring (bicyclic) bond motifs is 2. The minimum absolute atomic E-state index is 0. The zero-order valence-electron chi connectivity index (χ0n) is 16.8. The predicted octanol–water partition coefficient (Wildman–Crippen LogP) is 7.10. The molecule has 2 fully saturated rings. The minimum Gasteiger partial charge on any atom is -0.358 e. The first-order valence-corrected chi connectivity index (χ1v) is 8.62. The molecule has 0 amide bonds. The fourth-order valence-electron chi connectivity index (χ4n) is 5.23. The van der Waals surface area contributed by atoms with Crippen molar-refractivity contribution >= 4 is 0 Å². The van der Waals surface area contributed by atoms with Gasteiger partial charge in [0.15, 0.2) is 0 Å². The van der Waals surface area contributed by atoms with Gasteiger partial charge in [-0.25, -0.2) is 0 Å². The second-order valence-electron chi connectivity index (χ2n) is 7.27. The third-order valence-electron chi connectivity index (χ3n) is 6.33. The Hall–Kier alpha value is -0.157. The second kappa shape index (κ2) is 12.3. The SMILES string of the molecule is C1=CC2CC[C@H](CC[C@H]3CCC4C=CC=CC43)C2C=C1.[CH3-].[CH3-].[CH3-].[CH3-].[Zr+4]. The van der Waals surface area contributed by atoms with Crippen molar-refractivity contribution in [1.82, 2.24) is 0 Å². The summed E-state index contributed by atoms with van der Waals surface area (Å²) in [6, 6.07) is 0. The Balaban J connectivity index is 0. The molecule has 4 rings (SSSR count). The number of rotatable bonds is 3. The van der Waals surface area contributed by atoms with E-state index in [9.17, 15) is 0 Å². The van der Waals surface area contributed by atoms with Crippen LogP contribution in [0.25, 0.3) is 0 Å². The van der Waals surface area contributed by atoms with E-state index in [0.29, 0.717) is 0 Å². The number of allylic oxidation sites excluding steroid dienone is 8. The Labute approximate surface area is 178 Å². The molecule has 0 N–H and O–H groups in total. The maximum absolute atomic E-state index is 2.49. The average molecular weight is 418 g/mol. The molecule has 25 heavy (non-hydrogen) atoms. The smallest absolute Gasteiger partial charge is 0.358 e. The first-order chi connectivity index (χ1) is 9.92. The molecule has 0 radical (unpaired) electrons. The van der Waals surface area contributed by atoms with Crippen LogP contribution in [0.5, 0.6) is 0 Å². The normalized spacial score (nSPS) is 35.8. The minimum atomic E-state index is 0. The van der Waals surface area contributed by atoms with Gasteiger partial charge in [0.25, 0.3) is 0 Å². The predicted molar refractivity (Wildman–Crippen MR) is 111 cm³/mol. The molecule has 0 aliphatic heterocycles. The molecule has 0 aromatic rings. The van der Waals surface area contributed by atoms with Gasteiger partial charge in [-0.05, 0) is 74.0 Å². The topological polar surface area (TPSA) is 0 Å². The number of hydrogen-bond donors (Lipinski definition) is 0. The van der Waals surface area contributed by atoms with Gasteiger partial charge < -0.3 is 29.7 Å². The van der Waals surface area contributed by atoms with Crippen LogP contribution in [-0.2, 0) is 26.2 Å². The van der Waals surface area contributed by atoms with Gasteiger partial charge in [0.2, 0.25) is 0 Å². The van der Waals surface area contributed by atoms with E-state index in [-0.39, 0.29) is 55.9 Å². The molecule has 6 atom stereocenters. The van der Waals surface area contributed by atoms with E-state index in [0.717, 1.165) is 35.5 Å². The average Bonchev–Trinajstić information content (AvgIpc) is 3.09. The molecule has 0 heterocycles. The zero-order valence-corrected chi connectivity index (χ0v) is 19.3. The fourth-order valence-corrected chi connectivity index (χ4v) is 5.23. The van der Waals surface area contributed by atoms with Crippen LogP contribution < -0.4 is 0 Å². The second-order valence-corrected chi connectivity index (χ2v) is 7.27. The summed E-state index contributed by atoms with van der Waals surface area (Å²) >= 11 is 0. The Morgan fingerprint density at radius 2 is 0.880 bits per heavy atom. The van der Waals surface area contributed by atoms with E-state index in [1.165, 1.54) is 38.5 Å². The maximum atomic E-state index is 2.49. The van der Waals surface area contributed by atoms with Gasteiger partial charge in [-0.3, -0.25) is 0 Å². The van der Waals surface area contributed by atoms with Crippen molar-refractivity contribution in [2.75, 3.05) is 0 Å². The standard InChI is InChI=1S/C20H26.4CH3.Zr/c1-3-7-19-15(5-1)9-11-17(19)13-14-18-12-10-16-6-2-4-8-20(16)18;;;;;/h1-8,15-20H,9-14H2;4*1H3;/q;4*-1;+4/t15?,16?,17-,18-,19?,20?;;;;;/m1...../s1. The van der Waals surface area contributed by atoms with E-state index >= 15 is 0 Å². The zero-order chi connectivity index (χ0) is 13.4. The summed E-state index contributed by atoms with van der Waals surface area (Å²) in [5.41, 5.74) is 0. The molecule has 0 bridgehead atoms. The molecule has 4 aliphatic carbocycles. The van der Waals surface area contributed by atoms with Crippen LogP contribution in [0.1, 0.15) is 38.5 Å². The van der Waals surface area contributed by atoms with Crippen molar-refractivity contribution < 1.29 is 26.2 Å². The molecule has 0 nitrogen and oxygen atoms in total. The first-order valence-electron chi connectivity index (χ1n) is 8.62. The van der Waals surface area contributed by atoms with Crippen LogP contribution >= 0.6 is 0 Å². The van der Waals surface area contributed by atoms with Crippen molar-refractivity contribution in [3.63, 3.8) is 0 Å². The molecular weight excluding hydrogens is 379 g/mol. The molecule has 0 spiro atoms. The molecule has 138 valence electrons. The summed E-state index contributed by atoms with van der Waals surface area (Å²) in [5, 5.41) is 0. The van der Waals surface area contributed by atoms with Crippen LogP contribution in [-0.4, -0.2) is 0 Å². The van der Waals surface area contributed by atoms with Gasteiger partial charge in [0.05, 0.1) is 0 Å². The van der Waals surface area contributed by atoms with Crippen molar-refractivity contribution in [3.05, 3.63) is 78.3 Å². The van der Waals surface area contributed by atoms with E-state index in [1.54, 1.807) is 0 Å². The van der Waals surface area contributed by atoms with Crippen molar-refractivity contribution in [2.45, 2.75) is 38.5 Å². The van der Waals surface area contributed by atoms with Crippen molar-refractivity contribution in [1.29, 1.82) is 0 Å². The quantitative estimate of drug-likeness (QED) is 0.429. The largest absolute Gasteiger partial charge is 4.00 e. The van der Waals surface area contributed by atoms with E-state index < -0.39 is 0 Å². The summed E-state index contributed by atoms with van der Waals surface area (Å²) in [5.74, 6) is 5.36. The maximum Gasteiger partial charge on any atom is 4.00 e. The molecular formula is C24H38Zr. The van der Waals surface area contributed by atoms with Gasteiger partial charge >= 0.3 is 26.2 Å². The summed E-state index contributed by atoms with van der Waals surface area (Å²) < 4.78 is 0. The van der Waals surface area contributed by atoms with Crippen molar-refractivity contribution in [2.24, 2.45) is 35.5 Å². The molecule has 4 unspecified atom stereocenters. The monoisotopic (exact) mass is 416 g/mol. The summed E-state index contributed by atoms with van der Waals surface area (Å²) in [6.07, 6.45) is 27.6. The Kier molecular flexibility index (Phi) is 13.3. The molecule has 4 aliphatic rings. The Morgan fingerprint density at radius 1 is 0.520 bits per heavy atom. The summed E-state index contributed by atoms with van der Waals surface area (Å²) in [7, 11) is 0.